The highest BCUT2D eigenvalue weighted by Crippen LogP contribution is 2.21. The van der Waals surface area contributed by atoms with E-state index in [0.29, 0.717) is 17.7 Å². The molecule has 0 heterocycles. The molecule has 0 N–H and O–H groups in total. The van der Waals surface area contributed by atoms with Gasteiger partial charge in [0.1, 0.15) is 5.75 Å². The molecule has 2 aromatic carbocycles. The summed E-state index contributed by atoms with van der Waals surface area (Å²) in [5, 5.41) is 10.9. The number of nitro benzene ring substituents is 1. The highest BCUT2D eigenvalue weighted by molar-refractivity contribution is 5.92. The van der Waals surface area contributed by atoms with Gasteiger partial charge >= 0.3 is 11.9 Å². The number of benzene rings is 2. The maximum Gasteiger partial charge on any atom is 0.343 e. The van der Waals surface area contributed by atoms with Crippen LogP contribution in [0, 0.1) is 17.0 Å². The number of rotatable bonds is 6. The van der Waals surface area contributed by atoms with E-state index in [1.165, 1.54) is 42.5 Å². The third-order valence-corrected chi connectivity index (χ3v) is 3.38. The van der Waals surface area contributed by atoms with Crippen molar-refractivity contribution in [1.82, 2.24) is 0 Å². The zero-order chi connectivity index (χ0) is 18.4. The lowest BCUT2D eigenvalue weighted by molar-refractivity contribution is -0.385. The summed E-state index contributed by atoms with van der Waals surface area (Å²) in [6.45, 7) is 3.82. The summed E-state index contributed by atoms with van der Waals surface area (Å²) in [6, 6.07) is 10.0. The van der Waals surface area contributed by atoms with Crippen molar-refractivity contribution in [2.24, 2.45) is 0 Å². The Morgan fingerprint density at radius 2 is 1.68 bits per heavy atom. The summed E-state index contributed by atoms with van der Waals surface area (Å²) in [6.07, 6.45) is 0.726. The topological polar surface area (TPSA) is 95.7 Å². The minimum Gasteiger partial charge on any atom is -0.462 e. The monoisotopic (exact) mass is 343 g/mol. The Morgan fingerprint density at radius 1 is 1.04 bits per heavy atom. The Balaban J connectivity index is 2.09. The second kappa shape index (κ2) is 8.05. The molecule has 0 radical (unpaired) electrons. The summed E-state index contributed by atoms with van der Waals surface area (Å²) in [7, 11) is 0. The van der Waals surface area contributed by atoms with E-state index in [1.54, 1.807) is 6.92 Å². The van der Waals surface area contributed by atoms with Gasteiger partial charge in [-0.15, -0.1) is 0 Å². The molecule has 0 fully saturated rings. The molecule has 0 amide bonds. The van der Waals surface area contributed by atoms with E-state index in [1.807, 2.05) is 6.92 Å². The fourth-order valence-electron chi connectivity index (χ4n) is 2.04. The minimum atomic E-state index is -0.718. The smallest absolute Gasteiger partial charge is 0.343 e. The number of carbonyl (C=O) groups excluding carboxylic acids is 2. The van der Waals surface area contributed by atoms with Gasteiger partial charge in [-0.1, -0.05) is 13.0 Å². The number of aryl methyl sites for hydroxylation is 1. The number of hydrogen-bond donors (Lipinski definition) is 0. The molecule has 7 heteroatoms. The van der Waals surface area contributed by atoms with Gasteiger partial charge in [-0.3, -0.25) is 10.1 Å². The summed E-state index contributed by atoms with van der Waals surface area (Å²) < 4.78 is 10.2. The zero-order valence-electron chi connectivity index (χ0n) is 13.9. The molecule has 7 nitrogen and oxygen atoms in total. The minimum absolute atomic E-state index is 0.0729. The molecule has 0 aliphatic rings. The van der Waals surface area contributed by atoms with E-state index < -0.39 is 16.9 Å². The lowest BCUT2D eigenvalue weighted by atomic mass is 10.1. The predicted molar refractivity (Wildman–Crippen MR) is 89.8 cm³/mol. The number of esters is 2. The number of ether oxygens (including phenoxy) is 2. The van der Waals surface area contributed by atoms with Gasteiger partial charge in [-0.05, 0) is 43.7 Å². The first-order valence-electron chi connectivity index (χ1n) is 7.66. The van der Waals surface area contributed by atoms with Crippen molar-refractivity contribution in [2.45, 2.75) is 20.3 Å². The molecule has 0 aliphatic carbocycles. The summed E-state index contributed by atoms with van der Waals surface area (Å²) in [5.41, 5.74) is 0.725. The van der Waals surface area contributed by atoms with Gasteiger partial charge < -0.3 is 9.47 Å². The van der Waals surface area contributed by atoms with Crippen molar-refractivity contribution in [3.63, 3.8) is 0 Å². The number of hydrogen-bond acceptors (Lipinski definition) is 6. The van der Waals surface area contributed by atoms with Crippen LogP contribution in [0.2, 0.25) is 0 Å². The standard InChI is InChI=1S/C18H17NO6/c1-3-10-24-17(20)13-6-8-15(9-7-13)25-18(21)14-5-4-12(2)16(11-14)19(22)23/h4-9,11H,3,10H2,1-2H3. The SMILES string of the molecule is CCCOC(=O)c1ccc(OC(=O)c2ccc(C)c([N+](=O)[O-])c2)cc1. The fraction of sp³-hybridized carbons (Fsp3) is 0.222. The van der Waals surface area contributed by atoms with Crippen LogP contribution in [0.4, 0.5) is 5.69 Å². The number of nitro groups is 1. The Morgan fingerprint density at radius 3 is 2.28 bits per heavy atom. The molecule has 0 saturated heterocycles. The van der Waals surface area contributed by atoms with E-state index in [0.717, 1.165) is 6.42 Å². The number of nitrogens with zero attached hydrogens (tertiary/aromatic N) is 1. The molecular formula is C18H17NO6. The Kier molecular flexibility index (Phi) is 5.84. The van der Waals surface area contributed by atoms with Crippen LogP contribution in [-0.4, -0.2) is 23.5 Å². The van der Waals surface area contributed by atoms with E-state index in [4.69, 9.17) is 9.47 Å². The molecule has 2 aromatic rings. The van der Waals surface area contributed by atoms with Crippen LogP contribution >= 0.6 is 0 Å². The Labute approximate surface area is 144 Å². The van der Waals surface area contributed by atoms with Crippen molar-refractivity contribution in [2.75, 3.05) is 6.61 Å². The average molecular weight is 343 g/mol. The van der Waals surface area contributed by atoms with E-state index in [9.17, 15) is 19.7 Å². The molecule has 0 bridgehead atoms. The van der Waals surface area contributed by atoms with Crippen LogP contribution in [0.3, 0.4) is 0 Å². The molecule has 0 saturated carbocycles. The third-order valence-electron chi connectivity index (χ3n) is 3.38. The summed E-state index contributed by atoms with van der Waals surface area (Å²) >= 11 is 0. The first kappa shape index (κ1) is 18.1. The molecule has 2 rings (SSSR count). The zero-order valence-corrected chi connectivity index (χ0v) is 13.9. The van der Waals surface area contributed by atoms with E-state index in [2.05, 4.69) is 0 Å². The van der Waals surface area contributed by atoms with Gasteiger partial charge in [0.2, 0.25) is 0 Å². The highest BCUT2D eigenvalue weighted by atomic mass is 16.6. The van der Waals surface area contributed by atoms with Crippen LogP contribution in [0.15, 0.2) is 42.5 Å². The first-order valence-corrected chi connectivity index (χ1v) is 7.66. The summed E-state index contributed by atoms with van der Waals surface area (Å²) in [4.78, 5) is 34.2. The van der Waals surface area contributed by atoms with Gasteiger partial charge in [0.25, 0.3) is 5.69 Å². The molecular weight excluding hydrogens is 326 g/mol. The predicted octanol–water partition coefficient (Wildman–Crippen LogP) is 3.69. The van der Waals surface area contributed by atoms with Crippen LogP contribution < -0.4 is 4.74 Å². The largest absolute Gasteiger partial charge is 0.462 e. The average Bonchev–Trinajstić information content (AvgIpc) is 2.60. The van der Waals surface area contributed by atoms with Crippen molar-refractivity contribution >= 4 is 17.6 Å². The Hall–Kier alpha value is -3.22. The van der Waals surface area contributed by atoms with Crippen LogP contribution in [-0.2, 0) is 4.74 Å². The second-order valence-corrected chi connectivity index (χ2v) is 5.31. The van der Waals surface area contributed by atoms with Crippen LogP contribution in [0.1, 0.15) is 39.6 Å². The molecule has 25 heavy (non-hydrogen) atoms. The molecule has 130 valence electrons. The molecule has 0 spiro atoms. The van der Waals surface area contributed by atoms with Gasteiger partial charge in [0, 0.05) is 11.6 Å². The lowest BCUT2D eigenvalue weighted by Crippen LogP contribution is -2.10. The van der Waals surface area contributed by atoms with Crippen molar-refractivity contribution in [1.29, 1.82) is 0 Å². The highest BCUT2D eigenvalue weighted by Gasteiger charge is 2.16. The quantitative estimate of drug-likeness (QED) is 0.343. The van der Waals surface area contributed by atoms with Crippen molar-refractivity contribution in [3.8, 4) is 5.75 Å². The van der Waals surface area contributed by atoms with E-state index >= 15 is 0 Å². The third kappa shape index (κ3) is 4.63. The first-order chi connectivity index (χ1) is 11.9. The normalized spacial score (nSPS) is 10.2. The van der Waals surface area contributed by atoms with Gasteiger partial charge in [0.05, 0.1) is 22.7 Å². The maximum atomic E-state index is 12.1. The maximum absolute atomic E-state index is 12.1. The van der Waals surface area contributed by atoms with Gasteiger partial charge in [-0.2, -0.15) is 0 Å². The molecule has 0 unspecified atom stereocenters. The fourth-order valence-corrected chi connectivity index (χ4v) is 2.04. The lowest BCUT2D eigenvalue weighted by Gasteiger charge is -2.07. The van der Waals surface area contributed by atoms with Crippen molar-refractivity contribution in [3.05, 3.63) is 69.3 Å². The number of carbonyl (C=O) groups is 2. The van der Waals surface area contributed by atoms with E-state index in [-0.39, 0.29) is 17.0 Å². The summed E-state index contributed by atoms with van der Waals surface area (Å²) in [5.74, 6) is -0.946. The van der Waals surface area contributed by atoms with Gasteiger partial charge in [0.15, 0.2) is 0 Å². The Bertz CT molecular complexity index is 798. The van der Waals surface area contributed by atoms with Crippen LogP contribution in [0.5, 0.6) is 5.75 Å². The van der Waals surface area contributed by atoms with Crippen molar-refractivity contribution < 1.29 is 24.0 Å². The van der Waals surface area contributed by atoms with Gasteiger partial charge in [-0.25, -0.2) is 9.59 Å². The molecule has 0 atom stereocenters. The molecule has 0 aliphatic heterocycles. The van der Waals surface area contributed by atoms with Crippen LogP contribution in [0.25, 0.3) is 0 Å². The second-order valence-electron chi connectivity index (χ2n) is 5.31. The molecule has 0 aromatic heterocycles.